The fraction of sp³-hybridized carbons (Fsp3) is 0.533. The molecule has 0 saturated carbocycles. The molecule has 17 heavy (non-hydrogen) atoms. The molecule has 1 aliphatic heterocycles. The van der Waals surface area contributed by atoms with Crippen molar-refractivity contribution in [2.24, 2.45) is 5.92 Å². The number of ketones is 1. The summed E-state index contributed by atoms with van der Waals surface area (Å²) in [4.78, 5) is 14.1. The van der Waals surface area contributed by atoms with E-state index in [1.807, 2.05) is 18.2 Å². The maximum atomic E-state index is 11.7. The highest BCUT2D eigenvalue weighted by atomic mass is 16.1. The Bertz CT molecular complexity index is 411. The third-order valence-electron chi connectivity index (χ3n) is 3.66. The Morgan fingerprint density at radius 2 is 2.06 bits per heavy atom. The molecule has 0 amide bonds. The highest BCUT2D eigenvalue weighted by Crippen LogP contribution is 2.32. The van der Waals surface area contributed by atoms with Gasteiger partial charge in [0.2, 0.25) is 0 Å². The molecule has 2 nitrogen and oxygen atoms in total. The van der Waals surface area contributed by atoms with Crippen molar-refractivity contribution >= 4 is 11.5 Å². The summed E-state index contributed by atoms with van der Waals surface area (Å²) in [5.74, 6) is 0.799. The Kier molecular flexibility index (Phi) is 3.51. The van der Waals surface area contributed by atoms with Gasteiger partial charge in [0.15, 0.2) is 5.78 Å². The molecule has 92 valence electrons. The van der Waals surface area contributed by atoms with E-state index in [9.17, 15) is 4.79 Å². The van der Waals surface area contributed by atoms with Gasteiger partial charge in [0, 0.05) is 23.8 Å². The zero-order valence-electron chi connectivity index (χ0n) is 10.9. The predicted molar refractivity (Wildman–Crippen MR) is 71.7 cm³/mol. The molecule has 0 N–H and O–H groups in total. The number of Topliss-reactive ketones (excluding diaryl/α,β-unsaturated/α-hetero) is 1. The summed E-state index contributed by atoms with van der Waals surface area (Å²) in [5.41, 5.74) is 1.98. The quantitative estimate of drug-likeness (QED) is 0.742. The lowest BCUT2D eigenvalue weighted by molar-refractivity contribution is 0.101. The predicted octanol–water partition coefficient (Wildman–Crippen LogP) is 3.51. The van der Waals surface area contributed by atoms with Crippen molar-refractivity contribution < 1.29 is 4.79 Å². The Morgan fingerprint density at radius 3 is 2.71 bits per heavy atom. The topological polar surface area (TPSA) is 20.3 Å². The van der Waals surface area contributed by atoms with Crippen LogP contribution in [0.3, 0.4) is 0 Å². The van der Waals surface area contributed by atoms with E-state index in [2.05, 4.69) is 24.8 Å². The van der Waals surface area contributed by atoms with Crippen LogP contribution in [0.2, 0.25) is 0 Å². The second-order valence-corrected chi connectivity index (χ2v) is 5.22. The zero-order valence-corrected chi connectivity index (χ0v) is 10.9. The first-order valence-corrected chi connectivity index (χ1v) is 6.48. The first-order chi connectivity index (χ1) is 8.11. The molecular formula is C15H21NO. The van der Waals surface area contributed by atoms with Crippen molar-refractivity contribution in [2.75, 3.05) is 11.4 Å². The van der Waals surface area contributed by atoms with E-state index in [1.165, 1.54) is 12.8 Å². The van der Waals surface area contributed by atoms with Gasteiger partial charge in [-0.25, -0.2) is 0 Å². The van der Waals surface area contributed by atoms with Crippen LogP contribution in [0.15, 0.2) is 24.3 Å². The fourth-order valence-electron chi connectivity index (χ4n) is 2.81. The van der Waals surface area contributed by atoms with Crippen LogP contribution in [-0.2, 0) is 0 Å². The number of carbonyl (C=O) groups excluding carboxylic acids is 1. The van der Waals surface area contributed by atoms with Gasteiger partial charge in [-0.3, -0.25) is 4.79 Å². The molecular weight excluding hydrogens is 210 g/mol. The van der Waals surface area contributed by atoms with Crippen LogP contribution in [0, 0.1) is 5.92 Å². The number of carbonyl (C=O) groups is 1. The minimum Gasteiger partial charge on any atom is -0.368 e. The maximum absolute atomic E-state index is 11.7. The van der Waals surface area contributed by atoms with Gasteiger partial charge in [0.25, 0.3) is 0 Å². The third kappa shape index (κ3) is 2.36. The van der Waals surface area contributed by atoms with E-state index in [4.69, 9.17) is 0 Å². The molecule has 0 radical (unpaired) electrons. The third-order valence-corrected chi connectivity index (χ3v) is 3.66. The van der Waals surface area contributed by atoms with Crippen LogP contribution in [0.5, 0.6) is 0 Å². The largest absolute Gasteiger partial charge is 0.368 e. The number of hydrogen-bond donors (Lipinski definition) is 0. The van der Waals surface area contributed by atoms with Gasteiger partial charge >= 0.3 is 0 Å². The Morgan fingerprint density at radius 1 is 1.35 bits per heavy atom. The summed E-state index contributed by atoms with van der Waals surface area (Å²) in [6.45, 7) is 7.26. The number of para-hydroxylation sites is 1. The molecule has 1 heterocycles. The molecule has 1 unspecified atom stereocenters. The SMILES string of the molecule is CC(=O)c1ccccc1N1CCCC1C(C)C. The minimum absolute atomic E-state index is 0.162. The van der Waals surface area contributed by atoms with Crippen LogP contribution in [0.25, 0.3) is 0 Å². The number of rotatable bonds is 3. The van der Waals surface area contributed by atoms with E-state index in [0.717, 1.165) is 17.8 Å². The number of benzene rings is 1. The van der Waals surface area contributed by atoms with Crippen molar-refractivity contribution in [1.82, 2.24) is 0 Å². The van der Waals surface area contributed by atoms with Crippen molar-refractivity contribution in [1.29, 1.82) is 0 Å². The summed E-state index contributed by atoms with van der Waals surface area (Å²) in [7, 11) is 0. The molecule has 0 bridgehead atoms. The van der Waals surface area contributed by atoms with Crippen LogP contribution in [-0.4, -0.2) is 18.4 Å². The average molecular weight is 231 g/mol. The molecule has 0 spiro atoms. The first-order valence-electron chi connectivity index (χ1n) is 6.48. The van der Waals surface area contributed by atoms with E-state index in [-0.39, 0.29) is 5.78 Å². The maximum Gasteiger partial charge on any atom is 0.161 e. The highest BCUT2D eigenvalue weighted by Gasteiger charge is 2.28. The molecule has 1 aliphatic rings. The van der Waals surface area contributed by atoms with Gasteiger partial charge < -0.3 is 4.90 Å². The fourth-order valence-corrected chi connectivity index (χ4v) is 2.81. The first kappa shape index (κ1) is 12.2. The summed E-state index contributed by atoms with van der Waals surface area (Å²) in [6, 6.07) is 8.57. The van der Waals surface area contributed by atoms with Crippen molar-refractivity contribution in [3.05, 3.63) is 29.8 Å². The van der Waals surface area contributed by atoms with Gasteiger partial charge in [-0.2, -0.15) is 0 Å². The summed E-state index contributed by atoms with van der Waals surface area (Å²) >= 11 is 0. The lowest BCUT2D eigenvalue weighted by atomic mass is 10.0. The average Bonchev–Trinajstić information content (AvgIpc) is 2.77. The molecule has 1 saturated heterocycles. The van der Waals surface area contributed by atoms with Gasteiger partial charge in [0.05, 0.1) is 0 Å². The van der Waals surface area contributed by atoms with E-state index in [0.29, 0.717) is 12.0 Å². The molecule has 1 atom stereocenters. The normalized spacial score (nSPS) is 20.0. The smallest absolute Gasteiger partial charge is 0.161 e. The lowest BCUT2D eigenvalue weighted by Gasteiger charge is -2.31. The summed E-state index contributed by atoms with van der Waals surface area (Å²) < 4.78 is 0. The van der Waals surface area contributed by atoms with Crippen LogP contribution < -0.4 is 4.90 Å². The second-order valence-electron chi connectivity index (χ2n) is 5.22. The van der Waals surface area contributed by atoms with Crippen molar-refractivity contribution in [2.45, 2.75) is 39.7 Å². The van der Waals surface area contributed by atoms with Crippen LogP contribution in [0.1, 0.15) is 44.0 Å². The summed E-state index contributed by atoms with van der Waals surface area (Å²) in [6.07, 6.45) is 2.47. The van der Waals surface area contributed by atoms with Crippen LogP contribution >= 0.6 is 0 Å². The van der Waals surface area contributed by atoms with Crippen LogP contribution in [0.4, 0.5) is 5.69 Å². The number of hydrogen-bond acceptors (Lipinski definition) is 2. The molecule has 1 aromatic rings. The standard InChI is InChI=1S/C15H21NO/c1-11(2)14-9-6-10-16(14)15-8-5-4-7-13(15)12(3)17/h4-5,7-8,11,14H,6,9-10H2,1-3H3. The molecule has 2 heteroatoms. The monoisotopic (exact) mass is 231 g/mol. The second kappa shape index (κ2) is 4.91. The molecule has 2 rings (SSSR count). The molecule has 1 aromatic carbocycles. The molecule has 0 aromatic heterocycles. The van der Waals surface area contributed by atoms with Gasteiger partial charge in [-0.1, -0.05) is 26.0 Å². The van der Waals surface area contributed by atoms with E-state index in [1.54, 1.807) is 6.92 Å². The van der Waals surface area contributed by atoms with E-state index >= 15 is 0 Å². The van der Waals surface area contributed by atoms with Gasteiger partial charge in [-0.05, 0) is 37.8 Å². The molecule has 1 fully saturated rings. The Labute approximate surface area is 104 Å². The highest BCUT2D eigenvalue weighted by molar-refractivity contribution is 5.99. The summed E-state index contributed by atoms with van der Waals surface area (Å²) in [5, 5.41) is 0. The molecule has 0 aliphatic carbocycles. The zero-order chi connectivity index (χ0) is 12.4. The van der Waals surface area contributed by atoms with Gasteiger partial charge in [0.1, 0.15) is 0 Å². The minimum atomic E-state index is 0.162. The van der Waals surface area contributed by atoms with Gasteiger partial charge in [-0.15, -0.1) is 0 Å². The van der Waals surface area contributed by atoms with Crippen molar-refractivity contribution in [3.8, 4) is 0 Å². The number of anilines is 1. The Hall–Kier alpha value is -1.31. The van der Waals surface area contributed by atoms with Crippen molar-refractivity contribution in [3.63, 3.8) is 0 Å². The lowest BCUT2D eigenvalue weighted by Crippen LogP contribution is -2.34. The van der Waals surface area contributed by atoms with E-state index < -0.39 is 0 Å². The number of nitrogens with zero attached hydrogens (tertiary/aromatic N) is 1. The Balaban J connectivity index is 2.36.